The topological polar surface area (TPSA) is 40.6 Å². The molecule has 0 spiro atoms. The molecule has 3 rings (SSSR count). The standard InChI is InChI=1S/C15H15Br2ClN2O2S/c1-14(2)10(20-12(18)15(16,17)13(20)22)11(21)19(23-14)8-9-6-4-3-5-7-9/h3-7,10,12H,8H2,1-2H3/t10-,12+/m0/s1. The Kier molecular flexibility index (Phi) is 4.53. The van der Waals surface area contributed by atoms with E-state index in [0.717, 1.165) is 5.56 Å². The van der Waals surface area contributed by atoms with E-state index in [9.17, 15) is 9.59 Å². The average molecular weight is 483 g/mol. The Morgan fingerprint density at radius 3 is 2.39 bits per heavy atom. The van der Waals surface area contributed by atoms with Crippen LogP contribution in [0.3, 0.4) is 0 Å². The van der Waals surface area contributed by atoms with Gasteiger partial charge in [-0.25, -0.2) is 0 Å². The quantitative estimate of drug-likeness (QED) is 0.285. The van der Waals surface area contributed by atoms with E-state index in [4.69, 9.17) is 11.6 Å². The molecule has 0 N–H and O–H groups in total. The summed E-state index contributed by atoms with van der Waals surface area (Å²) in [5.74, 6) is -0.301. The van der Waals surface area contributed by atoms with Crippen molar-refractivity contribution in [3.8, 4) is 0 Å². The number of hydrogen-bond acceptors (Lipinski definition) is 3. The van der Waals surface area contributed by atoms with Crippen molar-refractivity contribution in [3.05, 3.63) is 35.9 Å². The number of benzene rings is 1. The Morgan fingerprint density at radius 2 is 1.83 bits per heavy atom. The van der Waals surface area contributed by atoms with Crippen molar-refractivity contribution in [1.82, 2.24) is 9.21 Å². The molecule has 2 fully saturated rings. The first-order chi connectivity index (χ1) is 10.7. The summed E-state index contributed by atoms with van der Waals surface area (Å²) < 4.78 is 0.306. The molecule has 4 nitrogen and oxygen atoms in total. The molecule has 2 aliphatic rings. The average Bonchev–Trinajstić information content (AvgIpc) is 2.71. The number of amides is 2. The van der Waals surface area contributed by atoms with Crippen LogP contribution in [0.25, 0.3) is 0 Å². The number of hydrogen-bond donors (Lipinski definition) is 0. The third kappa shape index (κ3) is 2.83. The maximum absolute atomic E-state index is 12.9. The van der Waals surface area contributed by atoms with Gasteiger partial charge >= 0.3 is 0 Å². The third-order valence-corrected chi connectivity index (χ3v) is 7.83. The first kappa shape index (κ1) is 17.6. The van der Waals surface area contributed by atoms with Gasteiger partial charge in [0.05, 0.1) is 11.3 Å². The van der Waals surface area contributed by atoms with E-state index in [1.165, 1.54) is 16.8 Å². The highest BCUT2D eigenvalue weighted by molar-refractivity contribution is 9.26. The molecule has 1 aromatic rings. The summed E-state index contributed by atoms with van der Waals surface area (Å²) in [4.78, 5) is 26.7. The van der Waals surface area contributed by atoms with Crippen LogP contribution in [0.1, 0.15) is 19.4 Å². The minimum atomic E-state index is -0.977. The summed E-state index contributed by atoms with van der Waals surface area (Å²) in [7, 11) is 0. The van der Waals surface area contributed by atoms with E-state index in [-0.39, 0.29) is 11.8 Å². The van der Waals surface area contributed by atoms with Crippen molar-refractivity contribution in [2.24, 2.45) is 0 Å². The maximum atomic E-state index is 12.9. The molecule has 0 aliphatic carbocycles. The number of alkyl halides is 3. The van der Waals surface area contributed by atoms with Crippen LogP contribution in [0.15, 0.2) is 30.3 Å². The molecule has 2 heterocycles. The lowest BCUT2D eigenvalue weighted by Gasteiger charge is -2.50. The van der Waals surface area contributed by atoms with Crippen molar-refractivity contribution >= 4 is 67.2 Å². The Labute approximate surface area is 161 Å². The van der Waals surface area contributed by atoms with Crippen LogP contribution >= 0.6 is 55.4 Å². The van der Waals surface area contributed by atoms with Crippen LogP contribution in [0.5, 0.6) is 0 Å². The normalized spacial score (nSPS) is 28.9. The lowest BCUT2D eigenvalue weighted by molar-refractivity contribution is -0.152. The predicted molar refractivity (Wildman–Crippen MR) is 99.5 cm³/mol. The second-order valence-corrected chi connectivity index (χ2v) is 11.8. The van der Waals surface area contributed by atoms with Gasteiger partial charge in [0.2, 0.25) is 0 Å². The van der Waals surface area contributed by atoms with Gasteiger partial charge < -0.3 is 4.90 Å². The number of β-lactam (4-membered cyclic amide) rings is 1. The molecular formula is C15H15Br2ClN2O2S. The molecule has 0 aromatic heterocycles. The van der Waals surface area contributed by atoms with Crippen LogP contribution < -0.4 is 0 Å². The van der Waals surface area contributed by atoms with Gasteiger partial charge in [-0.1, -0.05) is 73.8 Å². The second kappa shape index (κ2) is 5.93. The number of likely N-dealkylation sites (tertiary alicyclic amines) is 1. The zero-order chi connectivity index (χ0) is 17.0. The van der Waals surface area contributed by atoms with Gasteiger partial charge in [0.1, 0.15) is 11.5 Å². The van der Waals surface area contributed by atoms with Crippen LogP contribution in [-0.2, 0) is 16.1 Å². The Morgan fingerprint density at radius 1 is 1.22 bits per heavy atom. The zero-order valence-corrected chi connectivity index (χ0v) is 17.2. The van der Waals surface area contributed by atoms with Crippen LogP contribution in [0.2, 0.25) is 0 Å². The molecule has 0 bridgehead atoms. The molecule has 8 heteroatoms. The van der Waals surface area contributed by atoms with E-state index in [1.807, 2.05) is 44.2 Å². The fourth-order valence-corrected chi connectivity index (χ4v) is 5.29. The van der Waals surface area contributed by atoms with E-state index >= 15 is 0 Å². The number of carbonyl (C=O) groups is 2. The van der Waals surface area contributed by atoms with Crippen LogP contribution in [-0.4, -0.2) is 40.5 Å². The fraction of sp³-hybridized carbons (Fsp3) is 0.467. The minimum absolute atomic E-state index is 0.0849. The summed E-state index contributed by atoms with van der Waals surface area (Å²) in [5, 5.41) is 0. The summed E-state index contributed by atoms with van der Waals surface area (Å²) in [6.45, 7) is 4.43. The van der Waals surface area contributed by atoms with Crippen molar-refractivity contribution in [3.63, 3.8) is 0 Å². The molecule has 124 valence electrons. The molecular weight excluding hydrogens is 468 g/mol. The van der Waals surface area contributed by atoms with Crippen molar-refractivity contribution < 1.29 is 9.59 Å². The van der Waals surface area contributed by atoms with E-state index < -0.39 is 19.5 Å². The molecule has 2 atom stereocenters. The Balaban J connectivity index is 1.82. The lowest BCUT2D eigenvalue weighted by Crippen LogP contribution is -2.72. The zero-order valence-electron chi connectivity index (χ0n) is 12.5. The molecule has 1 aromatic carbocycles. The minimum Gasteiger partial charge on any atom is -0.308 e. The third-order valence-electron chi connectivity index (χ3n) is 3.99. The van der Waals surface area contributed by atoms with Crippen molar-refractivity contribution in [2.45, 2.75) is 39.9 Å². The summed E-state index contributed by atoms with van der Waals surface area (Å²) in [5.41, 5.74) is 0.443. The van der Waals surface area contributed by atoms with Gasteiger partial charge in [0, 0.05) is 0 Å². The molecule has 2 aliphatic heterocycles. The van der Waals surface area contributed by atoms with E-state index in [1.54, 1.807) is 4.31 Å². The molecule has 0 saturated carbocycles. The van der Waals surface area contributed by atoms with Crippen LogP contribution in [0.4, 0.5) is 0 Å². The molecule has 2 saturated heterocycles. The first-order valence-corrected chi connectivity index (χ1v) is 9.85. The molecule has 2 amide bonds. The Bertz CT molecular complexity index is 656. The number of nitrogens with zero attached hydrogens (tertiary/aromatic N) is 2. The van der Waals surface area contributed by atoms with Crippen molar-refractivity contribution in [2.75, 3.05) is 0 Å². The molecule has 23 heavy (non-hydrogen) atoms. The van der Waals surface area contributed by atoms with Gasteiger partial charge in [0.15, 0.2) is 3.23 Å². The Hall–Kier alpha value is -0.240. The number of halogens is 3. The van der Waals surface area contributed by atoms with E-state index in [0.29, 0.717) is 6.54 Å². The fourth-order valence-electron chi connectivity index (χ4n) is 2.86. The molecule has 0 unspecified atom stereocenters. The number of carbonyl (C=O) groups excluding carboxylic acids is 2. The second-order valence-electron chi connectivity index (χ2n) is 6.13. The summed E-state index contributed by atoms with van der Waals surface area (Å²) in [6, 6.07) is 9.22. The lowest BCUT2D eigenvalue weighted by atomic mass is 9.96. The van der Waals surface area contributed by atoms with Gasteiger partial charge in [-0.2, -0.15) is 0 Å². The molecule has 0 radical (unpaired) electrons. The highest BCUT2D eigenvalue weighted by Gasteiger charge is 2.65. The first-order valence-electron chi connectivity index (χ1n) is 7.05. The SMILES string of the molecule is CC1(C)SN(Cc2ccccc2)C(=O)[C@@H]1N1C(=O)C(Br)(Br)[C@@H]1Cl. The van der Waals surface area contributed by atoms with Gasteiger partial charge in [-0.3, -0.25) is 13.9 Å². The number of rotatable bonds is 3. The highest BCUT2D eigenvalue weighted by Crippen LogP contribution is 2.53. The van der Waals surface area contributed by atoms with E-state index in [2.05, 4.69) is 31.9 Å². The largest absolute Gasteiger partial charge is 0.308 e. The van der Waals surface area contributed by atoms with Crippen LogP contribution in [0, 0.1) is 0 Å². The monoisotopic (exact) mass is 480 g/mol. The summed E-state index contributed by atoms with van der Waals surface area (Å²) in [6.07, 6.45) is 0. The van der Waals surface area contributed by atoms with Crippen molar-refractivity contribution in [1.29, 1.82) is 0 Å². The summed E-state index contributed by atoms with van der Waals surface area (Å²) >= 11 is 14.3. The van der Waals surface area contributed by atoms with Gasteiger partial charge in [-0.05, 0) is 31.4 Å². The maximum Gasteiger partial charge on any atom is 0.257 e. The smallest absolute Gasteiger partial charge is 0.257 e. The predicted octanol–water partition coefficient (Wildman–Crippen LogP) is 3.72. The van der Waals surface area contributed by atoms with Gasteiger partial charge in [-0.15, -0.1) is 0 Å². The van der Waals surface area contributed by atoms with Gasteiger partial charge in [0.25, 0.3) is 11.8 Å². The highest BCUT2D eigenvalue weighted by atomic mass is 79.9.